The minimum Gasteiger partial charge on any atom is -0.480 e. The van der Waals surface area contributed by atoms with Gasteiger partial charge in [0, 0.05) is 6.42 Å². The van der Waals surface area contributed by atoms with Crippen LogP contribution in [0.4, 0.5) is 0 Å². The van der Waals surface area contributed by atoms with Crippen LogP contribution in [0.2, 0.25) is 0 Å². The standard InChI is InChI=1S/C6H7I2N3O2.ClH/c7-4-3(10-6(8)11-4)1-2(9)5(12)13;/h2H,1,9H2,(H,10,11)(H,12,13);1H. The molecule has 4 N–H and O–H groups in total. The Labute approximate surface area is 114 Å². The Morgan fingerprint density at radius 1 is 1.64 bits per heavy atom. The zero-order chi connectivity index (χ0) is 10.0. The molecule has 1 aromatic rings. The molecule has 0 aliphatic heterocycles. The number of nitrogens with two attached hydrogens (primary N) is 1. The second kappa shape index (κ2) is 6.08. The Morgan fingerprint density at radius 2 is 2.21 bits per heavy atom. The molecular weight excluding hydrogens is 435 g/mol. The molecule has 1 heterocycles. The van der Waals surface area contributed by atoms with E-state index in [-0.39, 0.29) is 18.8 Å². The maximum atomic E-state index is 10.5. The lowest BCUT2D eigenvalue weighted by Crippen LogP contribution is -2.32. The molecule has 0 aromatic carbocycles. The predicted octanol–water partition coefficient (Wildman–Crippen LogP) is 0.995. The molecule has 0 saturated heterocycles. The van der Waals surface area contributed by atoms with Crippen LogP contribution in [-0.2, 0) is 11.2 Å². The second-order valence-corrected chi connectivity index (χ2v) is 4.49. The van der Waals surface area contributed by atoms with Crippen molar-refractivity contribution in [1.29, 1.82) is 0 Å². The second-order valence-electron chi connectivity index (χ2n) is 2.45. The summed E-state index contributed by atoms with van der Waals surface area (Å²) in [5, 5.41) is 8.58. The highest BCUT2D eigenvalue weighted by atomic mass is 127. The van der Waals surface area contributed by atoms with Crippen molar-refractivity contribution >= 4 is 63.6 Å². The molecule has 0 spiro atoms. The molecule has 0 amide bonds. The van der Waals surface area contributed by atoms with E-state index < -0.39 is 12.0 Å². The van der Waals surface area contributed by atoms with Crippen molar-refractivity contribution in [2.45, 2.75) is 12.5 Å². The highest BCUT2D eigenvalue weighted by Crippen LogP contribution is 2.12. The summed E-state index contributed by atoms with van der Waals surface area (Å²) in [5.41, 5.74) is 6.15. The first kappa shape index (κ1) is 14.4. The van der Waals surface area contributed by atoms with E-state index >= 15 is 0 Å². The van der Waals surface area contributed by atoms with Gasteiger partial charge in [0.15, 0.2) is 3.83 Å². The van der Waals surface area contributed by atoms with Gasteiger partial charge in [-0.05, 0) is 45.2 Å². The van der Waals surface area contributed by atoms with Gasteiger partial charge in [0.05, 0.1) is 5.69 Å². The number of nitrogens with zero attached hydrogens (tertiary/aromatic N) is 1. The number of rotatable bonds is 3. The molecule has 1 unspecified atom stereocenters. The molecule has 0 aliphatic carbocycles. The number of aromatic amines is 1. The summed E-state index contributed by atoms with van der Waals surface area (Å²) in [6.07, 6.45) is 0.281. The van der Waals surface area contributed by atoms with E-state index in [1.54, 1.807) is 0 Å². The van der Waals surface area contributed by atoms with Crippen molar-refractivity contribution in [3.05, 3.63) is 13.2 Å². The van der Waals surface area contributed by atoms with Crippen LogP contribution in [0.5, 0.6) is 0 Å². The summed E-state index contributed by atoms with van der Waals surface area (Å²) in [5.74, 6) is -1.000. The van der Waals surface area contributed by atoms with Crippen LogP contribution in [-0.4, -0.2) is 27.1 Å². The van der Waals surface area contributed by atoms with Gasteiger partial charge < -0.3 is 15.8 Å². The third-order valence-electron chi connectivity index (χ3n) is 1.44. The molecule has 14 heavy (non-hydrogen) atoms. The SMILES string of the molecule is Cl.NC(Cc1[nH]c(I)nc1I)C(=O)O. The lowest BCUT2D eigenvalue weighted by molar-refractivity contribution is -0.138. The molecule has 0 radical (unpaired) electrons. The van der Waals surface area contributed by atoms with Gasteiger partial charge >= 0.3 is 5.97 Å². The number of aromatic nitrogens is 2. The lowest BCUT2D eigenvalue weighted by atomic mass is 10.2. The third-order valence-corrected chi connectivity index (χ3v) is 2.84. The molecule has 0 aliphatic rings. The van der Waals surface area contributed by atoms with Gasteiger partial charge in [0.1, 0.15) is 9.74 Å². The zero-order valence-corrected chi connectivity index (χ0v) is 12.0. The normalized spacial score (nSPS) is 11.9. The highest BCUT2D eigenvalue weighted by molar-refractivity contribution is 14.1. The van der Waals surface area contributed by atoms with Crippen LogP contribution in [0.15, 0.2) is 0 Å². The molecule has 1 atom stereocenters. The van der Waals surface area contributed by atoms with Crippen LogP contribution in [0.3, 0.4) is 0 Å². The van der Waals surface area contributed by atoms with E-state index in [4.69, 9.17) is 10.8 Å². The predicted molar refractivity (Wildman–Crippen MR) is 70.6 cm³/mol. The summed E-state index contributed by atoms with van der Waals surface area (Å²) in [4.78, 5) is 17.5. The number of aliphatic carboxylic acids is 1. The minimum atomic E-state index is -1.000. The number of hydrogen-bond donors (Lipinski definition) is 3. The molecule has 80 valence electrons. The van der Waals surface area contributed by atoms with Gasteiger partial charge in [-0.1, -0.05) is 0 Å². The zero-order valence-electron chi connectivity index (χ0n) is 6.83. The fourth-order valence-electron chi connectivity index (χ4n) is 0.800. The maximum Gasteiger partial charge on any atom is 0.320 e. The van der Waals surface area contributed by atoms with Crippen molar-refractivity contribution in [3.8, 4) is 0 Å². The van der Waals surface area contributed by atoms with Gasteiger partial charge in [-0.15, -0.1) is 12.4 Å². The number of hydrogen-bond acceptors (Lipinski definition) is 3. The van der Waals surface area contributed by atoms with E-state index in [1.165, 1.54) is 0 Å². The van der Waals surface area contributed by atoms with Gasteiger partial charge in [-0.2, -0.15) is 0 Å². The van der Waals surface area contributed by atoms with Crippen molar-refractivity contribution in [3.63, 3.8) is 0 Å². The van der Waals surface area contributed by atoms with Crippen LogP contribution in [0, 0.1) is 7.53 Å². The highest BCUT2D eigenvalue weighted by Gasteiger charge is 2.15. The number of H-pyrrole nitrogens is 1. The summed E-state index contributed by atoms with van der Waals surface area (Å²) < 4.78 is 1.52. The number of halogens is 3. The summed E-state index contributed by atoms with van der Waals surface area (Å²) in [7, 11) is 0. The smallest absolute Gasteiger partial charge is 0.320 e. The molecule has 0 saturated carbocycles. The fraction of sp³-hybridized carbons (Fsp3) is 0.333. The number of nitrogens with one attached hydrogen (secondary N) is 1. The van der Waals surface area contributed by atoms with Crippen molar-refractivity contribution < 1.29 is 9.90 Å². The molecule has 1 aromatic heterocycles. The van der Waals surface area contributed by atoms with E-state index in [1.807, 2.05) is 45.2 Å². The fourth-order valence-corrected chi connectivity index (χ4v) is 2.42. The van der Waals surface area contributed by atoms with Gasteiger partial charge in [0.25, 0.3) is 0 Å². The van der Waals surface area contributed by atoms with Crippen molar-refractivity contribution in [2.24, 2.45) is 5.73 Å². The van der Waals surface area contributed by atoms with Gasteiger partial charge in [0.2, 0.25) is 0 Å². The Bertz CT molecular complexity index is 331. The number of carboxylic acid groups (broad SMARTS) is 1. The van der Waals surface area contributed by atoms with E-state index in [0.717, 1.165) is 13.2 Å². The molecular formula is C6H8ClI2N3O2. The molecule has 0 bridgehead atoms. The Balaban J connectivity index is 0.00000169. The Kier molecular flexibility index (Phi) is 6.25. The summed E-state index contributed by atoms with van der Waals surface area (Å²) >= 11 is 4.07. The Morgan fingerprint density at radius 3 is 2.57 bits per heavy atom. The average Bonchev–Trinajstić information content (AvgIpc) is 2.30. The van der Waals surface area contributed by atoms with Crippen LogP contribution in [0.1, 0.15) is 5.69 Å². The van der Waals surface area contributed by atoms with E-state index in [9.17, 15) is 4.79 Å². The quantitative estimate of drug-likeness (QED) is 0.608. The van der Waals surface area contributed by atoms with Crippen LogP contribution < -0.4 is 5.73 Å². The lowest BCUT2D eigenvalue weighted by Gasteiger charge is -2.03. The first-order chi connectivity index (χ1) is 6.00. The monoisotopic (exact) mass is 443 g/mol. The molecule has 1 rings (SSSR count). The van der Waals surface area contributed by atoms with E-state index in [0.29, 0.717) is 0 Å². The minimum absolute atomic E-state index is 0. The van der Waals surface area contributed by atoms with Crippen LogP contribution >= 0.6 is 57.6 Å². The maximum absolute atomic E-state index is 10.5. The number of carboxylic acids is 1. The number of imidazole rings is 1. The first-order valence-electron chi connectivity index (χ1n) is 3.39. The van der Waals surface area contributed by atoms with Gasteiger partial charge in [-0.3, -0.25) is 4.79 Å². The molecule has 5 nitrogen and oxygen atoms in total. The van der Waals surface area contributed by atoms with Gasteiger partial charge in [-0.25, -0.2) is 4.98 Å². The van der Waals surface area contributed by atoms with Crippen molar-refractivity contribution in [2.75, 3.05) is 0 Å². The van der Waals surface area contributed by atoms with Crippen molar-refractivity contribution in [1.82, 2.24) is 9.97 Å². The molecule has 8 heteroatoms. The summed E-state index contributed by atoms with van der Waals surface area (Å²) in [6.45, 7) is 0. The Hall–Kier alpha value is 0.390. The number of carbonyl (C=O) groups is 1. The van der Waals surface area contributed by atoms with E-state index in [2.05, 4.69) is 9.97 Å². The largest absolute Gasteiger partial charge is 0.480 e. The summed E-state index contributed by atoms with van der Waals surface area (Å²) in [6, 6.07) is -0.871. The molecule has 0 fully saturated rings. The third kappa shape index (κ3) is 3.87. The van der Waals surface area contributed by atoms with Crippen LogP contribution in [0.25, 0.3) is 0 Å². The average molecular weight is 443 g/mol. The topological polar surface area (TPSA) is 92.0 Å². The first-order valence-corrected chi connectivity index (χ1v) is 5.54.